The highest BCUT2D eigenvalue weighted by Crippen LogP contribution is 2.07. The number of methoxy groups -OCH3 is 1. The van der Waals surface area contributed by atoms with Gasteiger partial charge < -0.3 is 10.1 Å². The van der Waals surface area contributed by atoms with Crippen LogP contribution in [-0.4, -0.2) is 25.8 Å². The van der Waals surface area contributed by atoms with Gasteiger partial charge in [0.15, 0.2) is 0 Å². The average Bonchev–Trinajstić information content (AvgIpc) is 2.14. The largest absolute Gasteiger partial charge is 0.380 e. The molecule has 0 spiro atoms. The first-order valence-corrected chi connectivity index (χ1v) is 3.09. The van der Waals surface area contributed by atoms with E-state index in [2.05, 4.69) is 12.2 Å². The second kappa shape index (κ2) is 4.09. The predicted octanol–water partition coefficient (Wildman–Crippen LogP) is 0.805. The molecule has 2 atom stereocenters. The van der Waals surface area contributed by atoms with Gasteiger partial charge in [0.25, 0.3) is 0 Å². The normalized spacial score (nSPS) is 34.0. The zero-order chi connectivity index (χ0) is 5.98. The Bertz CT molecular complexity index is 79.5. The van der Waals surface area contributed by atoms with Crippen LogP contribution in [0.1, 0.15) is 13.3 Å². The standard InChI is InChI=1S/C6H13NO.ClH/c1-5-3-6(8-2)4-7-5;/h5-7H,3-4H2,1-2H3;1H/t5-,6-;/m1./s1. The van der Waals surface area contributed by atoms with Crippen LogP contribution < -0.4 is 5.32 Å². The molecule has 1 fully saturated rings. The molecule has 0 amide bonds. The van der Waals surface area contributed by atoms with Gasteiger partial charge in [0, 0.05) is 19.7 Å². The summed E-state index contributed by atoms with van der Waals surface area (Å²) in [5.74, 6) is 0. The quantitative estimate of drug-likeness (QED) is 0.599. The molecule has 1 aliphatic heterocycles. The zero-order valence-corrected chi connectivity index (χ0v) is 6.70. The molecule has 0 aromatic heterocycles. The van der Waals surface area contributed by atoms with E-state index in [-0.39, 0.29) is 12.4 Å². The average molecular weight is 152 g/mol. The summed E-state index contributed by atoms with van der Waals surface area (Å²) in [6, 6.07) is 0.653. The predicted molar refractivity (Wildman–Crippen MR) is 40.1 cm³/mol. The maximum Gasteiger partial charge on any atom is 0.0710 e. The van der Waals surface area contributed by atoms with Gasteiger partial charge in [-0.2, -0.15) is 0 Å². The lowest BCUT2D eigenvalue weighted by atomic mass is 10.2. The van der Waals surface area contributed by atoms with Crippen LogP contribution in [0.3, 0.4) is 0 Å². The van der Waals surface area contributed by atoms with Crippen LogP contribution in [0.5, 0.6) is 0 Å². The number of nitrogens with one attached hydrogen (secondary N) is 1. The first-order valence-electron chi connectivity index (χ1n) is 3.09. The number of rotatable bonds is 1. The van der Waals surface area contributed by atoms with Gasteiger partial charge in [0.1, 0.15) is 0 Å². The lowest BCUT2D eigenvalue weighted by Gasteiger charge is -2.02. The van der Waals surface area contributed by atoms with Gasteiger partial charge in [-0.05, 0) is 13.3 Å². The van der Waals surface area contributed by atoms with Gasteiger partial charge >= 0.3 is 0 Å². The van der Waals surface area contributed by atoms with Crippen molar-refractivity contribution in [1.82, 2.24) is 5.32 Å². The van der Waals surface area contributed by atoms with Crippen LogP contribution in [0.15, 0.2) is 0 Å². The molecule has 0 aromatic carbocycles. The van der Waals surface area contributed by atoms with Crippen molar-refractivity contribution in [3.63, 3.8) is 0 Å². The zero-order valence-electron chi connectivity index (χ0n) is 5.89. The smallest absolute Gasteiger partial charge is 0.0710 e. The Morgan fingerprint density at radius 1 is 1.56 bits per heavy atom. The molecule has 0 unspecified atom stereocenters. The maximum atomic E-state index is 5.12. The van der Waals surface area contributed by atoms with Gasteiger partial charge in [-0.15, -0.1) is 12.4 Å². The topological polar surface area (TPSA) is 21.3 Å². The van der Waals surface area contributed by atoms with Crippen molar-refractivity contribution in [1.29, 1.82) is 0 Å². The minimum Gasteiger partial charge on any atom is -0.380 e. The monoisotopic (exact) mass is 151 g/mol. The Labute approximate surface area is 62.4 Å². The minimum atomic E-state index is 0. The van der Waals surface area contributed by atoms with Crippen molar-refractivity contribution in [2.75, 3.05) is 13.7 Å². The third kappa shape index (κ3) is 2.52. The van der Waals surface area contributed by atoms with Crippen LogP contribution in [0.2, 0.25) is 0 Å². The highest BCUT2D eigenvalue weighted by Gasteiger charge is 2.18. The van der Waals surface area contributed by atoms with Crippen molar-refractivity contribution in [2.45, 2.75) is 25.5 Å². The Kier molecular flexibility index (Phi) is 4.19. The molecule has 1 saturated heterocycles. The molecule has 1 rings (SSSR count). The van der Waals surface area contributed by atoms with E-state index in [4.69, 9.17) is 4.74 Å². The molecule has 0 radical (unpaired) electrons. The van der Waals surface area contributed by atoms with Gasteiger partial charge in [0.2, 0.25) is 0 Å². The summed E-state index contributed by atoms with van der Waals surface area (Å²) in [6.07, 6.45) is 1.63. The lowest BCUT2D eigenvalue weighted by molar-refractivity contribution is 0.118. The molecule has 0 saturated carbocycles. The van der Waals surface area contributed by atoms with E-state index in [1.54, 1.807) is 7.11 Å². The van der Waals surface area contributed by atoms with Gasteiger partial charge in [-0.3, -0.25) is 0 Å². The fraction of sp³-hybridized carbons (Fsp3) is 1.00. The summed E-state index contributed by atoms with van der Waals surface area (Å²) in [5.41, 5.74) is 0. The van der Waals surface area contributed by atoms with Crippen molar-refractivity contribution >= 4 is 12.4 Å². The van der Waals surface area contributed by atoms with E-state index in [0.717, 1.165) is 13.0 Å². The van der Waals surface area contributed by atoms with Crippen molar-refractivity contribution < 1.29 is 4.74 Å². The highest BCUT2D eigenvalue weighted by atomic mass is 35.5. The molecule has 0 aliphatic carbocycles. The minimum absolute atomic E-state index is 0. The summed E-state index contributed by atoms with van der Waals surface area (Å²) >= 11 is 0. The van der Waals surface area contributed by atoms with Crippen LogP contribution in [0.25, 0.3) is 0 Å². The Morgan fingerprint density at radius 3 is 2.44 bits per heavy atom. The lowest BCUT2D eigenvalue weighted by Crippen LogP contribution is -2.18. The van der Waals surface area contributed by atoms with Crippen molar-refractivity contribution in [3.05, 3.63) is 0 Å². The van der Waals surface area contributed by atoms with E-state index in [1.165, 1.54) is 0 Å². The first-order chi connectivity index (χ1) is 3.83. The van der Waals surface area contributed by atoms with E-state index in [0.29, 0.717) is 12.1 Å². The van der Waals surface area contributed by atoms with Crippen LogP contribution in [-0.2, 0) is 4.74 Å². The summed E-state index contributed by atoms with van der Waals surface area (Å²) in [4.78, 5) is 0. The molecule has 2 nitrogen and oxygen atoms in total. The van der Waals surface area contributed by atoms with Crippen LogP contribution in [0, 0.1) is 0 Å². The molecule has 1 aliphatic rings. The van der Waals surface area contributed by atoms with Crippen LogP contribution >= 0.6 is 12.4 Å². The molecular weight excluding hydrogens is 138 g/mol. The fourth-order valence-corrected chi connectivity index (χ4v) is 1.07. The van der Waals surface area contributed by atoms with Crippen molar-refractivity contribution in [3.8, 4) is 0 Å². The molecular formula is C6H14ClNO. The first kappa shape index (κ1) is 9.21. The Balaban J connectivity index is 0.000000640. The highest BCUT2D eigenvalue weighted by molar-refractivity contribution is 5.85. The van der Waals surface area contributed by atoms with Gasteiger partial charge in [-0.1, -0.05) is 0 Å². The number of ether oxygens (including phenoxy) is 1. The second-order valence-electron chi connectivity index (χ2n) is 2.40. The summed E-state index contributed by atoms with van der Waals surface area (Å²) in [5, 5.41) is 3.30. The maximum absolute atomic E-state index is 5.12. The van der Waals surface area contributed by atoms with E-state index >= 15 is 0 Å². The Hall–Kier alpha value is 0.210. The van der Waals surface area contributed by atoms with Crippen LogP contribution in [0.4, 0.5) is 0 Å². The molecule has 3 heteroatoms. The summed E-state index contributed by atoms with van der Waals surface area (Å²) < 4.78 is 5.12. The van der Waals surface area contributed by atoms with Gasteiger partial charge in [0.05, 0.1) is 6.10 Å². The van der Waals surface area contributed by atoms with E-state index in [1.807, 2.05) is 0 Å². The molecule has 0 bridgehead atoms. The van der Waals surface area contributed by atoms with Gasteiger partial charge in [-0.25, -0.2) is 0 Å². The molecule has 56 valence electrons. The van der Waals surface area contributed by atoms with E-state index in [9.17, 15) is 0 Å². The SMILES string of the molecule is CO[C@H]1CN[C@H](C)C1.Cl. The molecule has 1 N–H and O–H groups in total. The third-order valence-corrected chi connectivity index (χ3v) is 1.64. The number of hydrogen-bond donors (Lipinski definition) is 1. The Morgan fingerprint density at radius 2 is 2.22 bits per heavy atom. The summed E-state index contributed by atoms with van der Waals surface area (Å²) in [6.45, 7) is 3.21. The molecule has 1 heterocycles. The molecule has 0 aromatic rings. The van der Waals surface area contributed by atoms with Crippen molar-refractivity contribution in [2.24, 2.45) is 0 Å². The van der Waals surface area contributed by atoms with E-state index < -0.39 is 0 Å². The molecule has 9 heavy (non-hydrogen) atoms. The number of hydrogen-bond acceptors (Lipinski definition) is 2. The summed E-state index contributed by atoms with van der Waals surface area (Å²) in [7, 11) is 1.77. The third-order valence-electron chi connectivity index (χ3n) is 1.64. The number of halogens is 1. The second-order valence-corrected chi connectivity index (χ2v) is 2.40. The fourth-order valence-electron chi connectivity index (χ4n) is 1.07.